The third kappa shape index (κ3) is 8.06. The molecule has 0 aromatic rings. The van der Waals surface area contributed by atoms with E-state index >= 15 is 0 Å². The zero-order valence-electron chi connectivity index (χ0n) is 10.2. The highest BCUT2D eigenvalue weighted by atomic mass is 15.2. The molecule has 0 aromatic carbocycles. The van der Waals surface area contributed by atoms with Gasteiger partial charge in [0.05, 0.1) is 0 Å². The number of rotatable bonds is 2. The van der Waals surface area contributed by atoms with Crippen LogP contribution in [0.4, 0.5) is 0 Å². The van der Waals surface area contributed by atoms with E-state index in [0.29, 0.717) is 5.54 Å². The predicted octanol–water partition coefficient (Wildman–Crippen LogP) is 3.40. The number of hydrogen-bond acceptors (Lipinski definition) is 1. The lowest BCUT2D eigenvalue weighted by molar-refractivity contribution is 0.157. The van der Waals surface area contributed by atoms with Crippen molar-refractivity contribution in [1.29, 1.82) is 0 Å². The van der Waals surface area contributed by atoms with E-state index in [4.69, 9.17) is 0 Å². The van der Waals surface area contributed by atoms with Gasteiger partial charge in [0.25, 0.3) is 0 Å². The third-order valence-electron chi connectivity index (χ3n) is 1.78. The van der Waals surface area contributed by atoms with Gasteiger partial charge < -0.3 is 4.90 Å². The van der Waals surface area contributed by atoms with Gasteiger partial charge in [0.2, 0.25) is 0 Å². The topological polar surface area (TPSA) is 3.24 Å². The lowest BCUT2D eigenvalue weighted by atomic mass is 10.1. The second kappa shape index (κ2) is 6.47. The zero-order chi connectivity index (χ0) is 10.4. The van der Waals surface area contributed by atoms with Gasteiger partial charge in [-0.1, -0.05) is 27.7 Å². The van der Waals surface area contributed by atoms with E-state index in [1.165, 1.54) is 6.54 Å². The normalized spacial score (nSPS) is 11.5. The molecule has 0 aromatic heterocycles. The third-order valence-corrected chi connectivity index (χ3v) is 1.78. The van der Waals surface area contributed by atoms with Crippen molar-refractivity contribution < 1.29 is 0 Å². The summed E-state index contributed by atoms with van der Waals surface area (Å²) in [5, 5.41) is 0. The van der Waals surface area contributed by atoms with Gasteiger partial charge in [-0.2, -0.15) is 0 Å². The van der Waals surface area contributed by atoms with Crippen LogP contribution >= 0.6 is 0 Å². The Morgan fingerprint density at radius 3 is 1.50 bits per heavy atom. The van der Waals surface area contributed by atoms with E-state index in [9.17, 15) is 0 Å². The standard InChI is InChI=1S/C9H21N.C2H6/c1-8(2)7-10(6)9(3,4)5;1-2/h8H,7H2,1-6H3;1-2H3. The average Bonchev–Trinajstić information content (AvgIpc) is 1.88. The SMILES string of the molecule is CC.CC(C)CN(C)C(C)(C)C. The second-order valence-corrected chi connectivity index (χ2v) is 4.45. The molecule has 0 fully saturated rings. The Balaban J connectivity index is 0. The molecule has 0 bridgehead atoms. The number of hydrogen-bond donors (Lipinski definition) is 0. The molecule has 12 heavy (non-hydrogen) atoms. The molecule has 0 saturated heterocycles. The van der Waals surface area contributed by atoms with Crippen molar-refractivity contribution in [2.24, 2.45) is 5.92 Å². The first-order chi connectivity index (χ1) is 5.34. The lowest BCUT2D eigenvalue weighted by Crippen LogP contribution is -2.40. The summed E-state index contributed by atoms with van der Waals surface area (Å²) in [5.74, 6) is 0.768. The molecule has 0 atom stereocenters. The summed E-state index contributed by atoms with van der Waals surface area (Å²) < 4.78 is 0. The number of nitrogens with zero attached hydrogens (tertiary/aromatic N) is 1. The van der Waals surface area contributed by atoms with Gasteiger partial charge in [-0.3, -0.25) is 0 Å². The molecular formula is C11H27N. The first-order valence-corrected chi connectivity index (χ1v) is 5.05. The molecule has 0 aliphatic rings. The summed E-state index contributed by atoms with van der Waals surface area (Å²) in [6.45, 7) is 16.4. The van der Waals surface area contributed by atoms with E-state index in [-0.39, 0.29) is 0 Å². The summed E-state index contributed by atoms with van der Waals surface area (Å²) in [5.41, 5.74) is 0.324. The van der Waals surface area contributed by atoms with Crippen LogP contribution in [-0.4, -0.2) is 24.0 Å². The van der Waals surface area contributed by atoms with Crippen LogP contribution in [0.3, 0.4) is 0 Å². The Labute approximate surface area is 79.2 Å². The zero-order valence-corrected chi connectivity index (χ0v) is 10.2. The smallest absolute Gasteiger partial charge is 0.0122 e. The van der Waals surface area contributed by atoms with Crippen LogP contribution in [0.2, 0.25) is 0 Å². The molecule has 0 N–H and O–H groups in total. The molecule has 0 radical (unpaired) electrons. The van der Waals surface area contributed by atoms with Crippen LogP contribution in [0.15, 0.2) is 0 Å². The Hall–Kier alpha value is -0.0400. The fourth-order valence-electron chi connectivity index (χ4n) is 0.822. The van der Waals surface area contributed by atoms with Gasteiger partial charge in [-0.25, -0.2) is 0 Å². The Bertz CT molecular complexity index is 89.7. The maximum atomic E-state index is 2.39. The molecule has 76 valence electrons. The van der Waals surface area contributed by atoms with Gasteiger partial charge in [-0.05, 0) is 33.7 Å². The molecule has 0 unspecified atom stereocenters. The monoisotopic (exact) mass is 173 g/mol. The highest BCUT2D eigenvalue weighted by Crippen LogP contribution is 2.11. The van der Waals surface area contributed by atoms with Crippen molar-refractivity contribution in [3.05, 3.63) is 0 Å². The molecule has 0 spiro atoms. The van der Waals surface area contributed by atoms with Crippen molar-refractivity contribution in [2.75, 3.05) is 13.6 Å². The fourth-order valence-corrected chi connectivity index (χ4v) is 0.822. The lowest BCUT2D eigenvalue weighted by Gasteiger charge is -2.33. The minimum Gasteiger partial charge on any atom is -0.301 e. The van der Waals surface area contributed by atoms with Crippen molar-refractivity contribution >= 4 is 0 Å². The van der Waals surface area contributed by atoms with Gasteiger partial charge >= 0.3 is 0 Å². The van der Waals surface area contributed by atoms with Crippen molar-refractivity contribution in [1.82, 2.24) is 4.90 Å². The molecule has 0 rings (SSSR count). The molecule has 0 saturated carbocycles. The molecule has 0 heterocycles. The molecule has 0 amide bonds. The van der Waals surface area contributed by atoms with Gasteiger partial charge in [-0.15, -0.1) is 0 Å². The first-order valence-electron chi connectivity index (χ1n) is 5.05. The average molecular weight is 173 g/mol. The molecule has 1 nitrogen and oxygen atoms in total. The van der Waals surface area contributed by atoms with Crippen LogP contribution in [0, 0.1) is 5.92 Å². The van der Waals surface area contributed by atoms with Crippen LogP contribution in [0.25, 0.3) is 0 Å². The van der Waals surface area contributed by atoms with Crippen LogP contribution in [-0.2, 0) is 0 Å². The van der Waals surface area contributed by atoms with E-state index in [2.05, 4.69) is 46.6 Å². The van der Waals surface area contributed by atoms with E-state index < -0.39 is 0 Å². The molecular weight excluding hydrogens is 146 g/mol. The quantitative estimate of drug-likeness (QED) is 0.618. The van der Waals surface area contributed by atoms with Crippen molar-refractivity contribution in [2.45, 2.75) is 54.0 Å². The van der Waals surface area contributed by atoms with Crippen LogP contribution in [0.5, 0.6) is 0 Å². The van der Waals surface area contributed by atoms with E-state index in [1.54, 1.807) is 0 Å². The maximum Gasteiger partial charge on any atom is 0.0122 e. The molecule has 0 aliphatic carbocycles. The van der Waals surface area contributed by atoms with Gasteiger partial charge in [0, 0.05) is 12.1 Å². The second-order valence-electron chi connectivity index (χ2n) is 4.45. The van der Waals surface area contributed by atoms with E-state index in [0.717, 1.165) is 5.92 Å². The summed E-state index contributed by atoms with van der Waals surface area (Å²) >= 11 is 0. The Kier molecular flexibility index (Phi) is 7.81. The summed E-state index contributed by atoms with van der Waals surface area (Å²) in [4.78, 5) is 2.39. The Morgan fingerprint density at radius 1 is 1.08 bits per heavy atom. The summed E-state index contributed by atoms with van der Waals surface area (Å²) in [6.07, 6.45) is 0. The summed E-state index contributed by atoms with van der Waals surface area (Å²) in [7, 11) is 2.18. The molecule has 1 heteroatoms. The van der Waals surface area contributed by atoms with Crippen LogP contribution in [0.1, 0.15) is 48.5 Å². The summed E-state index contributed by atoms with van der Waals surface area (Å²) in [6, 6.07) is 0. The van der Waals surface area contributed by atoms with E-state index in [1.807, 2.05) is 13.8 Å². The highest BCUT2D eigenvalue weighted by molar-refractivity contribution is 4.73. The molecule has 0 aliphatic heterocycles. The predicted molar refractivity (Wildman–Crippen MR) is 58.6 cm³/mol. The minimum absolute atomic E-state index is 0.324. The highest BCUT2D eigenvalue weighted by Gasteiger charge is 2.16. The Morgan fingerprint density at radius 2 is 1.42 bits per heavy atom. The van der Waals surface area contributed by atoms with Gasteiger partial charge in [0.1, 0.15) is 0 Å². The van der Waals surface area contributed by atoms with Crippen molar-refractivity contribution in [3.8, 4) is 0 Å². The van der Waals surface area contributed by atoms with Crippen LogP contribution < -0.4 is 0 Å². The maximum absolute atomic E-state index is 2.39. The minimum atomic E-state index is 0.324. The van der Waals surface area contributed by atoms with Crippen molar-refractivity contribution in [3.63, 3.8) is 0 Å². The first kappa shape index (κ1) is 14.5. The van der Waals surface area contributed by atoms with Gasteiger partial charge in [0.15, 0.2) is 0 Å². The fraction of sp³-hybridized carbons (Fsp3) is 1.00. The largest absolute Gasteiger partial charge is 0.301 e.